The highest BCUT2D eigenvalue weighted by Crippen LogP contribution is 2.34. The first kappa shape index (κ1) is 19.5. The predicted octanol–water partition coefficient (Wildman–Crippen LogP) is 4.72. The molecular weight excluding hydrogens is 367 g/mol. The van der Waals surface area contributed by atoms with E-state index < -0.39 is 11.9 Å². The summed E-state index contributed by atoms with van der Waals surface area (Å²) in [6.07, 6.45) is 4.56. The van der Waals surface area contributed by atoms with Crippen molar-refractivity contribution in [1.82, 2.24) is 9.88 Å². The van der Waals surface area contributed by atoms with Crippen LogP contribution >= 0.6 is 0 Å². The van der Waals surface area contributed by atoms with E-state index in [9.17, 15) is 14.3 Å². The molecule has 4 nitrogen and oxygen atoms in total. The number of nitrogens with zero attached hydrogens (tertiary/aromatic N) is 2. The number of piperidine rings is 1. The first-order valence-corrected chi connectivity index (χ1v) is 10.2. The van der Waals surface area contributed by atoms with Gasteiger partial charge >= 0.3 is 0 Å². The molecule has 1 aliphatic heterocycles. The van der Waals surface area contributed by atoms with Crippen LogP contribution < -0.4 is 0 Å². The SMILES string of the molecule is CCC(=O)N1CCC(C(O)c2ccc(-c3ccc4cnccc4c3)cc2F)CC1. The van der Waals surface area contributed by atoms with Gasteiger partial charge in [0.1, 0.15) is 5.82 Å². The number of hydrogen-bond donors (Lipinski definition) is 1. The fraction of sp³-hybridized carbons (Fsp3) is 0.333. The first-order chi connectivity index (χ1) is 14.1. The van der Waals surface area contributed by atoms with Gasteiger partial charge in [0.15, 0.2) is 0 Å². The smallest absolute Gasteiger partial charge is 0.222 e. The second kappa shape index (κ2) is 8.29. The molecular formula is C24H25FN2O2. The molecule has 0 aliphatic carbocycles. The van der Waals surface area contributed by atoms with Crippen LogP contribution in [0.1, 0.15) is 37.9 Å². The summed E-state index contributed by atoms with van der Waals surface area (Å²) < 4.78 is 14.9. The van der Waals surface area contributed by atoms with E-state index >= 15 is 0 Å². The van der Waals surface area contributed by atoms with Gasteiger partial charge in [-0.3, -0.25) is 9.78 Å². The number of fused-ring (bicyclic) bond motifs is 1. The summed E-state index contributed by atoms with van der Waals surface area (Å²) in [5.41, 5.74) is 2.04. The molecule has 1 saturated heterocycles. The predicted molar refractivity (Wildman–Crippen MR) is 112 cm³/mol. The Morgan fingerprint density at radius 1 is 1.14 bits per heavy atom. The molecule has 4 rings (SSSR count). The number of halogens is 1. The topological polar surface area (TPSA) is 53.4 Å². The molecule has 2 heterocycles. The normalized spacial score (nSPS) is 16.2. The number of carbonyl (C=O) groups is 1. The maximum absolute atomic E-state index is 14.9. The Balaban J connectivity index is 1.51. The quantitative estimate of drug-likeness (QED) is 0.699. The summed E-state index contributed by atoms with van der Waals surface area (Å²) in [7, 11) is 0. The van der Waals surface area contributed by atoms with E-state index in [1.807, 2.05) is 42.2 Å². The van der Waals surface area contributed by atoms with Gasteiger partial charge in [-0.25, -0.2) is 4.39 Å². The number of rotatable bonds is 4. The van der Waals surface area contributed by atoms with Gasteiger partial charge in [-0.05, 0) is 53.5 Å². The van der Waals surface area contributed by atoms with Gasteiger partial charge in [-0.1, -0.05) is 31.2 Å². The van der Waals surface area contributed by atoms with Crippen molar-refractivity contribution in [2.24, 2.45) is 5.92 Å². The lowest BCUT2D eigenvalue weighted by molar-refractivity contribution is -0.132. The van der Waals surface area contributed by atoms with Gasteiger partial charge in [0.25, 0.3) is 0 Å². The van der Waals surface area contributed by atoms with Gasteiger partial charge in [-0.2, -0.15) is 0 Å². The van der Waals surface area contributed by atoms with E-state index in [-0.39, 0.29) is 11.8 Å². The molecule has 1 N–H and O–H groups in total. The van der Waals surface area contributed by atoms with Crippen LogP contribution in [0.2, 0.25) is 0 Å². The van der Waals surface area contributed by atoms with Crippen molar-refractivity contribution in [3.8, 4) is 11.1 Å². The van der Waals surface area contributed by atoms with Crippen LogP contribution in [0.3, 0.4) is 0 Å². The summed E-state index contributed by atoms with van der Waals surface area (Å²) in [6.45, 7) is 3.10. The zero-order chi connectivity index (χ0) is 20.4. The average Bonchev–Trinajstić information content (AvgIpc) is 2.77. The number of pyridine rings is 1. The Kier molecular flexibility index (Phi) is 5.58. The Bertz CT molecular complexity index is 1030. The number of aliphatic hydroxyl groups excluding tert-OH is 1. The largest absolute Gasteiger partial charge is 0.388 e. The first-order valence-electron chi connectivity index (χ1n) is 10.2. The van der Waals surface area contributed by atoms with Crippen molar-refractivity contribution in [3.63, 3.8) is 0 Å². The van der Waals surface area contributed by atoms with Crippen molar-refractivity contribution in [3.05, 3.63) is 66.2 Å². The molecule has 1 fully saturated rings. The summed E-state index contributed by atoms with van der Waals surface area (Å²) in [4.78, 5) is 17.8. The monoisotopic (exact) mass is 392 g/mol. The molecule has 2 aromatic carbocycles. The minimum Gasteiger partial charge on any atom is -0.388 e. The maximum atomic E-state index is 14.9. The van der Waals surface area contributed by atoms with E-state index in [0.29, 0.717) is 37.9 Å². The number of amides is 1. The number of carbonyl (C=O) groups excluding carboxylic acids is 1. The Hall–Kier alpha value is -2.79. The van der Waals surface area contributed by atoms with Gasteiger partial charge in [-0.15, -0.1) is 0 Å². The van der Waals surface area contributed by atoms with Crippen LogP contribution in [0.5, 0.6) is 0 Å². The van der Waals surface area contributed by atoms with Crippen LogP contribution in [-0.4, -0.2) is 34.0 Å². The number of hydrogen-bond acceptors (Lipinski definition) is 3. The minimum absolute atomic E-state index is 0.0376. The standard InChI is InChI=1S/C24H25FN2O2/c1-2-23(28)27-11-8-16(9-12-27)24(29)21-6-5-18(14-22(21)25)17-3-4-20-15-26-10-7-19(20)13-17/h3-7,10,13-16,24,29H,2,8-9,11-12H2,1H3. The van der Waals surface area contributed by atoms with Gasteiger partial charge < -0.3 is 10.0 Å². The fourth-order valence-corrected chi connectivity index (χ4v) is 4.15. The van der Waals surface area contributed by atoms with Crippen molar-refractivity contribution in [1.29, 1.82) is 0 Å². The van der Waals surface area contributed by atoms with Crippen molar-refractivity contribution < 1.29 is 14.3 Å². The molecule has 3 aromatic rings. The van der Waals surface area contributed by atoms with E-state index in [4.69, 9.17) is 0 Å². The Morgan fingerprint density at radius 2 is 1.86 bits per heavy atom. The van der Waals surface area contributed by atoms with E-state index in [0.717, 1.165) is 21.9 Å². The third-order valence-corrected chi connectivity index (χ3v) is 5.93. The molecule has 1 unspecified atom stereocenters. The molecule has 1 atom stereocenters. The molecule has 1 aromatic heterocycles. The van der Waals surface area contributed by atoms with Crippen LogP contribution in [-0.2, 0) is 4.79 Å². The zero-order valence-corrected chi connectivity index (χ0v) is 16.5. The molecule has 1 aliphatic rings. The Morgan fingerprint density at radius 3 is 2.59 bits per heavy atom. The van der Waals surface area contributed by atoms with Crippen molar-refractivity contribution >= 4 is 16.7 Å². The highest BCUT2D eigenvalue weighted by molar-refractivity contribution is 5.86. The second-order valence-corrected chi connectivity index (χ2v) is 7.69. The fourth-order valence-electron chi connectivity index (χ4n) is 4.15. The molecule has 0 saturated carbocycles. The van der Waals surface area contributed by atoms with Crippen molar-refractivity contribution in [2.75, 3.05) is 13.1 Å². The van der Waals surface area contributed by atoms with Gasteiger partial charge in [0, 0.05) is 42.9 Å². The lowest BCUT2D eigenvalue weighted by atomic mass is 9.86. The molecule has 1 amide bonds. The number of likely N-dealkylation sites (tertiary alicyclic amines) is 1. The summed E-state index contributed by atoms with van der Waals surface area (Å²) in [5, 5.41) is 12.9. The Labute approximate surface area is 170 Å². The number of aliphatic hydroxyl groups is 1. The second-order valence-electron chi connectivity index (χ2n) is 7.69. The zero-order valence-electron chi connectivity index (χ0n) is 16.5. The van der Waals surface area contributed by atoms with Crippen LogP contribution in [0.15, 0.2) is 54.9 Å². The van der Waals surface area contributed by atoms with Crippen molar-refractivity contribution in [2.45, 2.75) is 32.3 Å². The third-order valence-electron chi connectivity index (χ3n) is 5.93. The van der Waals surface area contributed by atoms with E-state index in [1.54, 1.807) is 18.5 Å². The van der Waals surface area contributed by atoms with Gasteiger partial charge in [0.05, 0.1) is 6.10 Å². The molecule has 0 spiro atoms. The molecule has 5 heteroatoms. The van der Waals surface area contributed by atoms with Crippen LogP contribution in [0, 0.1) is 11.7 Å². The van der Waals surface area contributed by atoms with E-state index in [2.05, 4.69) is 4.98 Å². The molecule has 0 radical (unpaired) electrons. The third kappa shape index (κ3) is 4.01. The minimum atomic E-state index is -0.856. The summed E-state index contributed by atoms with van der Waals surface area (Å²) in [5.74, 6) is -0.291. The summed E-state index contributed by atoms with van der Waals surface area (Å²) in [6, 6.07) is 12.9. The lowest BCUT2D eigenvalue weighted by Crippen LogP contribution is -2.39. The lowest BCUT2D eigenvalue weighted by Gasteiger charge is -2.34. The molecule has 0 bridgehead atoms. The number of aromatic nitrogens is 1. The average molecular weight is 392 g/mol. The molecule has 150 valence electrons. The maximum Gasteiger partial charge on any atom is 0.222 e. The highest BCUT2D eigenvalue weighted by Gasteiger charge is 2.29. The number of benzene rings is 2. The summed E-state index contributed by atoms with van der Waals surface area (Å²) >= 11 is 0. The van der Waals surface area contributed by atoms with E-state index in [1.165, 1.54) is 6.07 Å². The molecule has 29 heavy (non-hydrogen) atoms. The van der Waals surface area contributed by atoms with Crippen LogP contribution in [0.4, 0.5) is 4.39 Å². The highest BCUT2D eigenvalue weighted by atomic mass is 19.1. The van der Waals surface area contributed by atoms with Crippen LogP contribution in [0.25, 0.3) is 21.9 Å². The van der Waals surface area contributed by atoms with Gasteiger partial charge in [0.2, 0.25) is 5.91 Å².